The molecule has 0 spiro atoms. The predicted molar refractivity (Wildman–Crippen MR) is 101 cm³/mol. The van der Waals surface area contributed by atoms with Crippen molar-refractivity contribution in [3.05, 3.63) is 53.3 Å². The highest BCUT2D eigenvalue weighted by molar-refractivity contribution is 6.03. The van der Waals surface area contributed by atoms with E-state index in [0.29, 0.717) is 43.7 Å². The van der Waals surface area contributed by atoms with Gasteiger partial charge in [-0.1, -0.05) is 0 Å². The summed E-state index contributed by atoms with van der Waals surface area (Å²) in [7, 11) is 3.63. The Morgan fingerprint density at radius 2 is 1.52 bits per heavy atom. The molecule has 2 aromatic rings. The van der Waals surface area contributed by atoms with Crippen molar-refractivity contribution in [2.75, 3.05) is 38.1 Å². The van der Waals surface area contributed by atoms with E-state index >= 15 is 0 Å². The van der Waals surface area contributed by atoms with Crippen LogP contribution in [0.2, 0.25) is 0 Å². The monoisotopic (exact) mass is 366 g/mol. The molecule has 3 heterocycles. The van der Waals surface area contributed by atoms with Crippen LogP contribution in [0, 0.1) is 0 Å². The maximum atomic E-state index is 12.8. The Balaban J connectivity index is 1.41. The van der Waals surface area contributed by atoms with Gasteiger partial charge in [0.05, 0.1) is 12.0 Å². The number of aromatic nitrogens is 1. The highest BCUT2D eigenvalue weighted by Gasteiger charge is 2.28. The smallest absolute Gasteiger partial charge is 0.255 e. The lowest BCUT2D eigenvalue weighted by Gasteiger charge is -2.34. The fourth-order valence-corrected chi connectivity index (χ4v) is 3.71. The molecule has 0 aliphatic carbocycles. The summed E-state index contributed by atoms with van der Waals surface area (Å²) in [6, 6.07) is 7.24. The number of hydrogen-bond acceptors (Lipinski definition) is 3. The third-order valence-corrected chi connectivity index (χ3v) is 5.34. The molecule has 27 heavy (non-hydrogen) atoms. The van der Waals surface area contributed by atoms with Crippen LogP contribution in [-0.4, -0.2) is 65.3 Å². The van der Waals surface area contributed by atoms with E-state index in [-0.39, 0.29) is 17.7 Å². The molecule has 1 aromatic heterocycles. The van der Waals surface area contributed by atoms with Crippen molar-refractivity contribution < 1.29 is 14.4 Å². The summed E-state index contributed by atoms with van der Waals surface area (Å²) in [4.78, 5) is 42.4. The van der Waals surface area contributed by atoms with Crippen LogP contribution < -0.4 is 4.90 Å². The average molecular weight is 366 g/mol. The van der Waals surface area contributed by atoms with Gasteiger partial charge in [-0.2, -0.15) is 0 Å². The lowest BCUT2D eigenvalue weighted by atomic mass is 10.1. The van der Waals surface area contributed by atoms with Gasteiger partial charge in [-0.05, 0) is 29.8 Å². The number of carbonyl (C=O) groups is 3. The number of anilines is 1. The van der Waals surface area contributed by atoms with Gasteiger partial charge in [-0.3, -0.25) is 14.4 Å². The van der Waals surface area contributed by atoms with Crippen LogP contribution in [0.1, 0.15) is 26.3 Å². The normalized spacial score (nSPS) is 16.7. The van der Waals surface area contributed by atoms with E-state index in [9.17, 15) is 14.4 Å². The zero-order chi connectivity index (χ0) is 19.1. The number of carbonyl (C=O) groups excluding carboxylic acids is 3. The van der Waals surface area contributed by atoms with Crippen molar-refractivity contribution >= 4 is 23.4 Å². The maximum absolute atomic E-state index is 12.8. The van der Waals surface area contributed by atoms with Crippen molar-refractivity contribution in [1.82, 2.24) is 14.4 Å². The molecule has 0 N–H and O–H groups in total. The van der Waals surface area contributed by atoms with E-state index in [4.69, 9.17) is 0 Å². The zero-order valence-corrected chi connectivity index (χ0v) is 15.5. The van der Waals surface area contributed by atoms with Gasteiger partial charge < -0.3 is 19.3 Å². The minimum Gasteiger partial charge on any atom is -0.356 e. The Morgan fingerprint density at radius 3 is 2.11 bits per heavy atom. The number of hydrogen-bond donors (Lipinski definition) is 0. The first kappa shape index (κ1) is 17.3. The van der Waals surface area contributed by atoms with Gasteiger partial charge in [0.1, 0.15) is 0 Å². The molecule has 4 rings (SSSR count). The SMILES string of the molecule is CN1C(=O)Cc2cc(C(=O)N3CCN(C(=O)c4ccn(C)c4)CC3)ccc21. The Morgan fingerprint density at radius 1 is 0.889 bits per heavy atom. The quantitative estimate of drug-likeness (QED) is 0.801. The number of likely N-dealkylation sites (N-methyl/N-ethyl adjacent to an activating group) is 1. The standard InChI is InChI=1S/C20H22N4O3/c1-21-6-5-15(13-21)20(27)24-9-7-23(8-10-24)19(26)14-3-4-17-16(11-14)12-18(25)22(17)2/h3-6,11,13H,7-10,12H2,1-2H3. The number of aryl methyl sites for hydroxylation is 1. The van der Waals surface area contributed by atoms with E-state index in [0.717, 1.165) is 11.3 Å². The molecule has 140 valence electrons. The number of nitrogens with zero attached hydrogens (tertiary/aromatic N) is 4. The highest BCUT2D eigenvalue weighted by atomic mass is 16.2. The first-order valence-electron chi connectivity index (χ1n) is 9.04. The molecule has 3 amide bonds. The molecule has 1 aromatic carbocycles. The molecular formula is C20H22N4O3. The maximum Gasteiger partial charge on any atom is 0.255 e. The Kier molecular flexibility index (Phi) is 4.22. The summed E-state index contributed by atoms with van der Waals surface area (Å²) in [6.45, 7) is 2.05. The summed E-state index contributed by atoms with van der Waals surface area (Å²) in [5.41, 5.74) is 3.03. The van der Waals surface area contributed by atoms with Gasteiger partial charge in [0.15, 0.2) is 0 Å². The molecule has 1 fully saturated rings. The second-order valence-electron chi connectivity index (χ2n) is 7.12. The lowest BCUT2D eigenvalue weighted by molar-refractivity contribution is -0.117. The number of benzene rings is 1. The molecule has 0 unspecified atom stereocenters. The fraction of sp³-hybridized carbons (Fsp3) is 0.350. The molecular weight excluding hydrogens is 344 g/mol. The molecule has 1 saturated heterocycles. The summed E-state index contributed by atoms with van der Waals surface area (Å²) in [6.07, 6.45) is 4.00. The second kappa shape index (κ2) is 6.57. The Bertz CT molecular complexity index is 925. The fourth-order valence-electron chi connectivity index (χ4n) is 3.71. The molecule has 2 aliphatic heterocycles. The van der Waals surface area contributed by atoms with Crippen molar-refractivity contribution in [1.29, 1.82) is 0 Å². The van der Waals surface area contributed by atoms with Crippen LogP contribution in [0.25, 0.3) is 0 Å². The molecule has 0 radical (unpaired) electrons. The Labute approximate surface area is 157 Å². The number of fused-ring (bicyclic) bond motifs is 1. The Hall–Kier alpha value is -3.09. The minimum atomic E-state index is -0.0494. The van der Waals surface area contributed by atoms with Crippen molar-refractivity contribution in [2.45, 2.75) is 6.42 Å². The average Bonchev–Trinajstić information content (AvgIpc) is 3.24. The number of rotatable bonds is 2. The van der Waals surface area contributed by atoms with E-state index in [1.807, 2.05) is 42.2 Å². The van der Waals surface area contributed by atoms with Crippen LogP contribution in [-0.2, 0) is 18.3 Å². The zero-order valence-electron chi connectivity index (χ0n) is 15.5. The van der Waals surface area contributed by atoms with Gasteiger partial charge in [0, 0.05) is 63.9 Å². The van der Waals surface area contributed by atoms with Crippen LogP contribution >= 0.6 is 0 Å². The minimum absolute atomic E-state index is 0.00165. The van der Waals surface area contributed by atoms with Gasteiger partial charge in [0.25, 0.3) is 11.8 Å². The first-order chi connectivity index (χ1) is 12.9. The van der Waals surface area contributed by atoms with Crippen LogP contribution in [0.5, 0.6) is 0 Å². The molecule has 0 bridgehead atoms. The second-order valence-corrected chi connectivity index (χ2v) is 7.12. The first-order valence-corrected chi connectivity index (χ1v) is 9.04. The molecule has 0 saturated carbocycles. The predicted octanol–water partition coefficient (Wildman–Crippen LogP) is 1.14. The van der Waals surface area contributed by atoms with E-state index in [1.165, 1.54) is 0 Å². The molecule has 2 aliphatic rings. The summed E-state index contributed by atoms with van der Waals surface area (Å²) in [5, 5.41) is 0. The van der Waals surface area contributed by atoms with Crippen LogP contribution in [0.15, 0.2) is 36.7 Å². The third-order valence-electron chi connectivity index (χ3n) is 5.34. The summed E-state index contributed by atoms with van der Waals surface area (Å²) in [5.74, 6) is -0.00368. The molecule has 7 nitrogen and oxygen atoms in total. The lowest BCUT2D eigenvalue weighted by Crippen LogP contribution is -2.50. The van der Waals surface area contributed by atoms with E-state index in [2.05, 4.69) is 0 Å². The molecule has 7 heteroatoms. The number of piperazine rings is 1. The van der Waals surface area contributed by atoms with E-state index < -0.39 is 0 Å². The van der Waals surface area contributed by atoms with Crippen molar-refractivity contribution in [2.24, 2.45) is 7.05 Å². The van der Waals surface area contributed by atoms with Crippen LogP contribution in [0.3, 0.4) is 0 Å². The van der Waals surface area contributed by atoms with Gasteiger partial charge >= 0.3 is 0 Å². The molecule has 0 atom stereocenters. The third kappa shape index (κ3) is 3.09. The van der Waals surface area contributed by atoms with Gasteiger partial charge in [-0.15, -0.1) is 0 Å². The van der Waals surface area contributed by atoms with Crippen LogP contribution in [0.4, 0.5) is 5.69 Å². The summed E-state index contributed by atoms with van der Waals surface area (Å²) >= 11 is 0. The largest absolute Gasteiger partial charge is 0.356 e. The van der Waals surface area contributed by atoms with Gasteiger partial charge in [0.2, 0.25) is 5.91 Å². The number of amides is 3. The van der Waals surface area contributed by atoms with E-state index in [1.54, 1.807) is 27.8 Å². The van der Waals surface area contributed by atoms with Crippen molar-refractivity contribution in [3.8, 4) is 0 Å². The van der Waals surface area contributed by atoms with Gasteiger partial charge in [-0.25, -0.2) is 0 Å². The summed E-state index contributed by atoms with van der Waals surface area (Å²) < 4.78 is 1.85. The highest BCUT2D eigenvalue weighted by Crippen LogP contribution is 2.28. The topological polar surface area (TPSA) is 65.9 Å². The van der Waals surface area contributed by atoms with Crippen molar-refractivity contribution in [3.63, 3.8) is 0 Å².